The molecule has 1 aliphatic rings. The van der Waals surface area contributed by atoms with Gasteiger partial charge in [-0.1, -0.05) is 0 Å². The molecule has 0 aromatic heterocycles. The largest absolute Gasteiger partial charge is 0.481 e. The van der Waals surface area contributed by atoms with Gasteiger partial charge in [0.25, 0.3) is 0 Å². The van der Waals surface area contributed by atoms with Gasteiger partial charge in [0.1, 0.15) is 5.60 Å². The van der Waals surface area contributed by atoms with Gasteiger partial charge >= 0.3 is 12.1 Å². The van der Waals surface area contributed by atoms with Crippen LogP contribution in [0.4, 0.5) is 4.79 Å². The van der Waals surface area contributed by atoms with Crippen LogP contribution in [0.5, 0.6) is 0 Å². The van der Waals surface area contributed by atoms with Gasteiger partial charge in [-0.05, 0) is 27.2 Å². The number of aliphatic carboxylic acids is 1. The summed E-state index contributed by atoms with van der Waals surface area (Å²) in [6.45, 7) is 5.81. The first-order valence-corrected chi connectivity index (χ1v) is 5.65. The van der Waals surface area contributed by atoms with Gasteiger partial charge in [-0.25, -0.2) is 4.79 Å². The number of carboxylic acids is 1. The lowest BCUT2D eigenvalue weighted by atomic mass is 9.95. The summed E-state index contributed by atoms with van der Waals surface area (Å²) in [5.74, 6) is -1.53. The molecule has 1 saturated heterocycles. The first-order chi connectivity index (χ1) is 7.69. The minimum absolute atomic E-state index is 0.165. The summed E-state index contributed by atoms with van der Waals surface area (Å²) < 4.78 is 5.19. The van der Waals surface area contributed by atoms with E-state index in [4.69, 9.17) is 15.6 Å². The average molecular weight is 244 g/mol. The number of amides is 1. The highest BCUT2D eigenvalue weighted by Crippen LogP contribution is 2.18. The zero-order chi connectivity index (χ0) is 13.2. The normalized spacial score (nSPS) is 25.5. The molecule has 0 unspecified atom stereocenters. The molecule has 0 radical (unpaired) electrons. The smallest absolute Gasteiger partial charge is 0.410 e. The number of hydrogen-bond acceptors (Lipinski definition) is 4. The lowest BCUT2D eigenvalue weighted by Gasteiger charge is -2.35. The van der Waals surface area contributed by atoms with Gasteiger partial charge in [0.2, 0.25) is 0 Å². The summed E-state index contributed by atoms with van der Waals surface area (Å²) in [6.07, 6.45) is -0.104. The molecule has 0 aromatic carbocycles. The van der Waals surface area contributed by atoms with E-state index in [1.54, 1.807) is 20.8 Å². The minimum Gasteiger partial charge on any atom is -0.481 e. The standard InChI is InChI=1S/C11H20N2O4/c1-11(2,3)17-10(16)13-5-7(9(14)15)4-8(12)6-13/h7-8H,4-6,12H2,1-3H3,(H,14,15)/t7-,8+/m1/s1. The van der Waals surface area contributed by atoms with Crippen LogP contribution in [0.15, 0.2) is 0 Å². The van der Waals surface area contributed by atoms with Crippen molar-refractivity contribution >= 4 is 12.1 Å². The van der Waals surface area contributed by atoms with Crippen LogP contribution in [0.25, 0.3) is 0 Å². The molecule has 2 atom stereocenters. The Balaban J connectivity index is 2.64. The SMILES string of the molecule is CC(C)(C)OC(=O)N1C[C@@H](N)C[C@@H](C(=O)O)C1. The van der Waals surface area contributed by atoms with Gasteiger partial charge in [-0.15, -0.1) is 0 Å². The predicted molar refractivity (Wildman–Crippen MR) is 61.5 cm³/mol. The van der Waals surface area contributed by atoms with Crippen molar-refractivity contribution in [1.29, 1.82) is 0 Å². The number of nitrogens with two attached hydrogens (primary N) is 1. The molecule has 3 N–H and O–H groups in total. The van der Waals surface area contributed by atoms with Crippen molar-refractivity contribution in [3.63, 3.8) is 0 Å². The topological polar surface area (TPSA) is 92.9 Å². The van der Waals surface area contributed by atoms with Crippen molar-refractivity contribution < 1.29 is 19.4 Å². The summed E-state index contributed by atoms with van der Waals surface area (Å²) in [4.78, 5) is 24.1. The van der Waals surface area contributed by atoms with E-state index in [0.29, 0.717) is 13.0 Å². The summed E-state index contributed by atoms with van der Waals surface area (Å²) in [6, 6.07) is -0.308. The van der Waals surface area contributed by atoms with E-state index >= 15 is 0 Å². The number of nitrogens with zero attached hydrogens (tertiary/aromatic N) is 1. The Kier molecular flexibility index (Phi) is 3.98. The van der Waals surface area contributed by atoms with Gasteiger partial charge in [0.05, 0.1) is 5.92 Å². The maximum absolute atomic E-state index is 11.8. The first-order valence-electron chi connectivity index (χ1n) is 5.65. The highest BCUT2D eigenvalue weighted by atomic mass is 16.6. The molecule has 0 spiro atoms. The van der Waals surface area contributed by atoms with E-state index in [0.717, 1.165) is 0 Å². The number of likely N-dealkylation sites (tertiary alicyclic amines) is 1. The quantitative estimate of drug-likeness (QED) is 0.706. The van der Waals surface area contributed by atoms with Crippen LogP contribution < -0.4 is 5.73 Å². The fourth-order valence-electron chi connectivity index (χ4n) is 1.79. The van der Waals surface area contributed by atoms with Crippen molar-refractivity contribution in [3.05, 3.63) is 0 Å². The Bertz CT molecular complexity index is 311. The van der Waals surface area contributed by atoms with Crippen LogP contribution in [0.1, 0.15) is 27.2 Å². The second-order valence-electron chi connectivity index (χ2n) is 5.42. The Hall–Kier alpha value is -1.30. The molecular weight excluding hydrogens is 224 g/mol. The molecule has 6 nitrogen and oxygen atoms in total. The van der Waals surface area contributed by atoms with Gasteiger partial charge in [-0.2, -0.15) is 0 Å². The summed E-state index contributed by atoms with van der Waals surface area (Å²) in [7, 11) is 0. The molecule has 98 valence electrons. The van der Waals surface area contributed by atoms with Crippen molar-refractivity contribution in [3.8, 4) is 0 Å². The van der Waals surface area contributed by atoms with Crippen molar-refractivity contribution in [1.82, 2.24) is 4.90 Å². The van der Waals surface area contributed by atoms with E-state index in [9.17, 15) is 9.59 Å². The number of hydrogen-bond donors (Lipinski definition) is 2. The Morgan fingerprint density at radius 3 is 2.41 bits per heavy atom. The monoisotopic (exact) mass is 244 g/mol. The second-order valence-corrected chi connectivity index (χ2v) is 5.42. The molecule has 1 rings (SSSR count). The molecule has 1 aliphatic heterocycles. The number of piperidine rings is 1. The molecule has 17 heavy (non-hydrogen) atoms. The third-order valence-corrected chi connectivity index (χ3v) is 2.48. The van der Waals surface area contributed by atoms with E-state index in [-0.39, 0.29) is 12.6 Å². The van der Waals surface area contributed by atoms with Crippen LogP contribution in [-0.2, 0) is 9.53 Å². The minimum atomic E-state index is -0.922. The zero-order valence-electron chi connectivity index (χ0n) is 10.5. The fourth-order valence-corrected chi connectivity index (χ4v) is 1.79. The third kappa shape index (κ3) is 4.22. The average Bonchev–Trinajstić information content (AvgIpc) is 2.13. The van der Waals surface area contributed by atoms with Crippen molar-refractivity contribution in [2.45, 2.75) is 38.8 Å². The maximum Gasteiger partial charge on any atom is 0.410 e. The number of rotatable bonds is 1. The Morgan fingerprint density at radius 2 is 1.94 bits per heavy atom. The van der Waals surface area contributed by atoms with Crippen LogP contribution in [-0.4, -0.2) is 46.8 Å². The Morgan fingerprint density at radius 1 is 1.35 bits per heavy atom. The fraction of sp³-hybridized carbons (Fsp3) is 0.818. The summed E-state index contributed by atoms with van der Waals surface area (Å²) in [5, 5.41) is 8.95. The number of carbonyl (C=O) groups excluding carboxylic acids is 1. The molecule has 1 heterocycles. The predicted octanol–water partition coefficient (Wildman–Crippen LogP) is 0.655. The summed E-state index contributed by atoms with van der Waals surface area (Å²) >= 11 is 0. The molecule has 0 saturated carbocycles. The molecule has 0 aliphatic carbocycles. The molecule has 6 heteroatoms. The molecule has 1 amide bonds. The summed E-state index contributed by atoms with van der Waals surface area (Å²) in [5.41, 5.74) is 5.16. The van der Waals surface area contributed by atoms with Gasteiger partial charge in [-0.3, -0.25) is 4.79 Å². The van der Waals surface area contributed by atoms with Crippen molar-refractivity contribution in [2.24, 2.45) is 11.7 Å². The van der Waals surface area contributed by atoms with Crippen LogP contribution in [0.3, 0.4) is 0 Å². The molecule has 1 fully saturated rings. The molecular formula is C11H20N2O4. The lowest BCUT2D eigenvalue weighted by molar-refractivity contribution is -0.143. The number of carbonyl (C=O) groups is 2. The number of carboxylic acid groups (broad SMARTS) is 1. The highest BCUT2D eigenvalue weighted by Gasteiger charge is 2.34. The molecule has 0 bridgehead atoms. The van der Waals surface area contributed by atoms with Gasteiger partial charge < -0.3 is 20.5 Å². The second kappa shape index (κ2) is 4.91. The van der Waals surface area contributed by atoms with Crippen LogP contribution >= 0.6 is 0 Å². The van der Waals surface area contributed by atoms with Gasteiger partial charge in [0.15, 0.2) is 0 Å². The van der Waals surface area contributed by atoms with Crippen LogP contribution in [0.2, 0.25) is 0 Å². The Labute approximate surface area is 101 Å². The van der Waals surface area contributed by atoms with E-state index in [1.807, 2.05) is 0 Å². The third-order valence-electron chi connectivity index (χ3n) is 2.48. The van der Waals surface area contributed by atoms with E-state index < -0.39 is 23.6 Å². The number of ether oxygens (including phenoxy) is 1. The van der Waals surface area contributed by atoms with Crippen molar-refractivity contribution in [2.75, 3.05) is 13.1 Å². The maximum atomic E-state index is 11.8. The molecule has 0 aromatic rings. The zero-order valence-corrected chi connectivity index (χ0v) is 10.5. The van der Waals surface area contributed by atoms with Crippen LogP contribution in [0, 0.1) is 5.92 Å². The van der Waals surface area contributed by atoms with E-state index in [2.05, 4.69) is 0 Å². The van der Waals surface area contributed by atoms with Gasteiger partial charge in [0, 0.05) is 19.1 Å². The highest BCUT2D eigenvalue weighted by molar-refractivity contribution is 5.73. The lowest BCUT2D eigenvalue weighted by Crippen LogP contribution is -2.52. The van der Waals surface area contributed by atoms with E-state index in [1.165, 1.54) is 4.90 Å². The first kappa shape index (κ1) is 13.8.